The Bertz CT molecular complexity index is 305. The van der Waals surface area contributed by atoms with E-state index in [9.17, 15) is 0 Å². The van der Waals surface area contributed by atoms with Crippen molar-refractivity contribution < 1.29 is 5.11 Å². The van der Waals surface area contributed by atoms with E-state index >= 15 is 0 Å². The molecule has 0 saturated heterocycles. The molecule has 0 aromatic heterocycles. The summed E-state index contributed by atoms with van der Waals surface area (Å²) in [6.07, 6.45) is 0. The second-order valence-corrected chi connectivity index (χ2v) is 4.02. The predicted octanol–water partition coefficient (Wildman–Crippen LogP) is 3.26. The monoisotopic (exact) mass is 198 g/mol. The first kappa shape index (κ1) is 10.6. The highest BCUT2D eigenvalue weighted by molar-refractivity contribution is 6.31. The number of halogens is 1. The molecule has 0 radical (unpaired) electrons. The molecular formula is C11H15ClO. The maximum atomic E-state index is 9.14. The van der Waals surface area contributed by atoms with E-state index in [-0.39, 0.29) is 6.61 Å². The third-order valence-electron chi connectivity index (χ3n) is 2.21. The van der Waals surface area contributed by atoms with Crippen molar-refractivity contribution in [2.24, 2.45) is 0 Å². The van der Waals surface area contributed by atoms with Gasteiger partial charge in [0.25, 0.3) is 0 Å². The van der Waals surface area contributed by atoms with E-state index in [2.05, 4.69) is 13.8 Å². The Morgan fingerprint density at radius 1 is 1.38 bits per heavy atom. The van der Waals surface area contributed by atoms with Gasteiger partial charge in [0.2, 0.25) is 0 Å². The highest BCUT2D eigenvalue weighted by Crippen LogP contribution is 2.26. The van der Waals surface area contributed by atoms with Crippen molar-refractivity contribution in [3.8, 4) is 0 Å². The Morgan fingerprint density at radius 2 is 2.00 bits per heavy atom. The average Bonchev–Trinajstić information content (AvgIpc) is 2.08. The highest BCUT2D eigenvalue weighted by atomic mass is 35.5. The molecule has 0 fully saturated rings. The summed E-state index contributed by atoms with van der Waals surface area (Å²) in [6, 6.07) is 3.91. The molecule has 0 saturated carbocycles. The zero-order valence-electron chi connectivity index (χ0n) is 8.26. The average molecular weight is 199 g/mol. The Balaban J connectivity index is 3.25. The summed E-state index contributed by atoms with van der Waals surface area (Å²) >= 11 is 6.01. The Labute approximate surface area is 84.4 Å². The van der Waals surface area contributed by atoms with Crippen LogP contribution in [0.2, 0.25) is 5.02 Å². The minimum absolute atomic E-state index is 0.0888. The zero-order valence-corrected chi connectivity index (χ0v) is 9.02. The summed E-state index contributed by atoms with van der Waals surface area (Å²) in [5.41, 5.74) is 3.14. The molecular weight excluding hydrogens is 184 g/mol. The lowest BCUT2D eigenvalue weighted by Crippen LogP contribution is -1.97. The lowest BCUT2D eigenvalue weighted by Gasteiger charge is -2.12. The summed E-state index contributed by atoms with van der Waals surface area (Å²) in [4.78, 5) is 0. The standard InChI is InChI=1S/C11H15ClO/c1-7(2)10-5-11(12)8(3)4-9(10)6-13/h4-5,7,13H,6H2,1-3H3. The summed E-state index contributed by atoms with van der Waals surface area (Å²) < 4.78 is 0. The number of hydrogen-bond donors (Lipinski definition) is 1. The van der Waals surface area contributed by atoms with Crippen LogP contribution in [0.15, 0.2) is 12.1 Å². The summed E-state index contributed by atoms with van der Waals surface area (Å²) in [6.45, 7) is 6.23. The van der Waals surface area contributed by atoms with E-state index in [0.717, 1.165) is 21.7 Å². The molecule has 0 aliphatic carbocycles. The number of aliphatic hydroxyl groups is 1. The quantitative estimate of drug-likeness (QED) is 0.774. The Kier molecular flexibility index (Phi) is 3.34. The van der Waals surface area contributed by atoms with Gasteiger partial charge in [0.15, 0.2) is 0 Å². The van der Waals surface area contributed by atoms with E-state index in [1.807, 2.05) is 19.1 Å². The van der Waals surface area contributed by atoms with Crippen LogP contribution in [-0.2, 0) is 6.61 Å². The maximum absolute atomic E-state index is 9.14. The topological polar surface area (TPSA) is 20.2 Å². The normalized spacial score (nSPS) is 10.9. The van der Waals surface area contributed by atoms with E-state index < -0.39 is 0 Å². The number of aliphatic hydroxyl groups excluding tert-OH is 1. The van der Waals surface area contributed by atoms with Crippen molar-refractivity contribution >= 4 is 11.6 Å². The van der Waals surface area contributed by atoms with Crippen LogP contribution in [0.25, 0.3) is 0 Å². The smallest absolute Gasteiger partial charge is 0.0684 e. The van der Waals surface area contributed by atoms with Crippen molar-refractivity contribution in [1.82, 2.24) is 0 Å². The van der Waals surface area contributed by atoms with Gasteiger partial charge in [-0.3, -0.25) is 0 Å². The van der Waals surface area contributed by atoms with Gasteiger partial charge in [-0.2, -0.15) is 0 Å². The molecule has 2 heteroatoms. The molecule has 0 spiro atoms. The van der Waals surface area contributed by atoms with Crippen LogP contribution in [0.4, 0.5) is 0 Å². The molecule has 0 aliphatic heterocycles. The number of hydrogen-bond acceptors (Lipinski definition) is 1. The highest BCUT2D eigenvalue weighted by Gasteiger charge is 2.08. The molecule has 1 aromatic rings. The number of aryl methyl sites for hydroxylation is 1. The second kappa shape index (κ2) is 4.12. The van der Waals surface area contributed by atoms with Crippen LogP contribution in [0.3, 0.4) is 0 Å². The van der Waals surface area contributed by atoms with Crippen molar-refractivity contribution in [3.63, 3.8) is 0 Å². The first-order chi connectivity index (χ1) is 6.06. The van der Waals surface area contributed by atoms with Crippen LogP contribution < -0.4 is 0 Å². The predicted molar refractivity (Wildman–Crippen MR) is 56.2 cm³/mol. The van der Waals surface area contributed by atoms with Crippen LogP contribution in [0.5, 0.6) is 0 Å². The maximum Gasteiger partial charge on any atom is 0.0684 e. The summed E-state index contributed by atoms with van der Waals surface area (Å²) in [7, 11) is 0. The van der Waals surface area contributed by atoms with E-state index in [0.29, 0.717) is 5.92 Å². The molecule has 13 heavy (non-hydrogen) atoms. The van der Waals surface area contributed by atoms with Gasteiger partial charge in [-0.15, -0.1) is 0 Å². The zero-order chi connectivity index (χ0) is 10.0. The fourth-order valence-corrected chi connectivity index (χ4v) is 1.60. The van der Waals surface area contributed by atoms with Crippen LogP contribution in [-0.4, -0.2) is 5.11 Å². The van der Waals surface area contributed by atoms with Gasteiger partial charge < -0.3 is 5.11 Å². The molecule has 0 heterocycles. The lowest BCUT2D eigenvalue weighted by molar-refractivity contribution is 0.280. The SMILES string of the molecule is Cc1cc(CO)c(C(C)C)cc1Cl. The first-order valence-electron chi connectivity index (χ1n) is 4.46. The van der Waals surface area contributed by atoms with Crippen LogP contribution >= 0.6 is 11.6 Å². The molecule has 0 bridgehead atoms. The molecule has 0 atom stereocenters. The van der Waals surface area contributed by atoms with Gasteiger partial charge in [-0.1, -0.05) is 31.5 Å². The van der Waals surface area contributed by atoms with Gasteiger partial charge in [0, 0.05) is 5.02 Å². The molecule has 1 N–H and O–H groups in total. The molecule has 72 valence electrons. The van der Waals surface area contributed by atoms with Gasteiger partial charge in [-0.25, -0.2) is 0 Å². The summed E-state index contributed by atoms with van der Waals surface area (Å²) in [5, 5.41) is 9.92. The van der Waals surface area contributed by atoms with E-state index in [1.54, 1.807) is 0 Å². The fraction of sp³-hybridized carbons (Fsp3) is 0.455. The lowest BCUT2D eigenvalue weighted by atomic mass is 9.96. The van der Waals surface area contributed by atoms with Gasteiger partial charge in [0.1, 0.15) is 0 Å². The third-order valence-corrected chi connectivity index (χ3v) is 2.62. The van der Waals surface area contributed by atoms with Crippen molar-refractivity contribution in [2.75, 3.05) is 0 Å². The first-order valence-corrected chi connectivity index (χ1v) is 4.83. The molecule has 0 aliphatic rings. The molecule has 0 amide bonds. The Hall–Kier alpha value is -0.530. The minimum atomic E-state index is 0.0888. The molecule has 0 unspecified atom stereocenters. The largest absolute Gasteiger partial charge is 0.392 e. The van der Waals surface area contributed by atoms with Crippen molar-refractivity contribution in [2.45, 2.75) is 33.3 Å². The van der Waals surface area contributed by atoms with Crippen molar-refractivity contribution in [3.05, 3.63) is 33.8 Å². The second-order valence-electron chi connectivity index (χ2n) is 3.61. The number of rotatable bonds is 2. The number of benzene rings is 1. The van der Waals surface area contributed by atoms with Crippen LogP contribution in [0.1, 0.15) is 36.5 Å². The van der Waals surface area contributed by atoms with Crippen LogP contribution in [0, 0.1) is 6.92 Å². The Morgan fingerprint density at radius 3 is 2.46 bits per heavy atom. The van der Waals surface area contributed by atoms with Gasteiger partial charge >= 0.3 is 0 Å². The summed E-state index contributed by atoms with van der Waals surface area (Å²) in [5.74, 6) is 0.403. The van der Waals surface area contributed by atoms with E-state index in [1.165, 1.54) is 0 Å². The van der Waals surface area contributed by atoms with Gasteiger partial charge in [0.05, 0.1) is 6.61 Å². The van der Waals surface area contributed by atoms with Crippen molar-refractivity contribution in [1.29, 1.82) is 0 Å². The molecule has 1 rings (SSSR count). The fourth-order valence-electron chi connectivity index (χ4n) is 1.43. The molecule has 1 aromatic carbocycles. The van der Waals surface area contributed by atoms with E-state index in [4.69, 9.17) is 16.7 Å². The van der Waals surface area contributed by atoms with Gasteiger partial charge in [-0.05, 0) is 35.6 Å². The third kappa shape index (κ3) is 2.23. The molecule has 1 nitrogen and oxygen atoms in total. The minimum Gasteiger partial charge on any atom is -0.392 e.